The molecule has 0 aliphatic carbocycles. The Balaban J connectivity index is -0.000000563. The largest absolute Gasteiger partial charge is 2.00 e. The van der Waals surface area contributed by atoms with Crippen molar-refractivity contribution >= 4 is 72.1 Å². The maximum Gasteiger partial charge on any atom is 2.00 e. The maximum absolute atomic E-state index is 5.37. The summed E-state index contributed by atoms with van der Waals surface area (Å²) < 4.78 is 0.493. The fourth-order valence-corrected chi connectivity index (χ4v) is 1.58. The third kappa shape index (κ3) is 5.37. The summed E-state index contributed by atoms with van der Waals surface area (Å²) in [5.74, 6) is 0.840. The van der Waals surface area contributed by atoms with Crippen LogP contribution in [-0.2, 0) is 5.75 Å². The standard InChI is InChI=1S/C10H11NS2.Ca.2H/c1-2-8-3-5-9(6-4-8)7-13-10(11)12;;;/h2-6H,1,7H2,(H2,11,12);;;/q;+2;2*-1. The summed E-state index contributed by atoms with van der Waals surface area (Å²) >= 11 is 6.25. The zero-order chi connectivity index (χ0) is 9.68. The molecule has 1 aromatic rings. The van der Waals surface area contributed by atoms with Crippen LogP contribution >= 0.6 is 24.0 Å². The van der Waals surface area contributed by atoms with E-state index in [-0.39, 0.29) is 40.6 Å². The summed E-state index contributed by atoms with van der Waals surface area (Å²) in [6.07, 6.45) is 1.82. The van der Waals surface area contributed by atoms with Crippen molar-refractivity contribution in [3.05, 3.63) is 42.0 Å². The van der Waals surface area contributed by atoms with Gasteiger partial charge in [-0.3, -0.25) is 0 Å². The maximum atomic E-state index is 5.37. The molecule has 0 radical (unpaired) electrons. The molecule has 0 saturated carbocycles. The summed E-state index contributed by atoms with van der Waals surface area (Å²) in [4.78, 5) is 0. The Labute approximate surface area is 127 Å². The first-order valence-electron chi connectivity index (χ1n) is 3.86. The Kier molecular flexibility index (Phi) is 7.97. The molecular weight excluding hydrogens is 238 g/mol. The Morgan fingerprint density at radius 1 is 1.50 bits per heavy atom. The van der Waals surface area contributed by atoms with Crippen molar-refractivity contribution in [1.82, 2.24) is 0 Å². The SMILES string of the molecule is C=Cc1ccc(CSC(N)=S)cc1.[Ca+2].[H-].[H-]. The molecule has 4 heteroatoms. The van der Waals surface area contributed by atoms with E-state index in [2.05, 4.69) is 18.7 Å². The smallest absolute Gasteiger partial charge is 1.00 e. The van der Waals surface area contributed by atoms with Crippen LogP contribution in [0.25, 0.3) is 6.08 Å². The van der Waals surface area contributed by atoms with Gasteiger partial charge in [0.25, 0.3) is 0 Å². The second-order valence-electron chi connectivity index (χ2n) is 2.55. The number of thioether (sulfide) groups is 1. The van der Waals surface area contributed by atoms with Gasteiger partial charge >= 0.3 is 37.7 Å². The fourth-order valence-electron chi connectivity index (χ4n) is 0.904. The molecule has 1 nitrogen and oxygen atoms in total. The molecule has 0 spiro atoms. The van der Waals surface area contributed by atoms with Crippen molar-refractivity contribution in [3.63, 3.8) is 0 Å². The number of benzene rings is 1. The van der Waals surface area contributed by atoms with Gasteiger partial charge in [0.2, 0.25) is 0 Å². The Morgan fingerprint density at radius 3 is 2.50 bits per heavy atom. The molecular formula is C10H13CaNS2. The van der Waals surface area contributed by atoms with Crippen LogP contribution in [0.2, 0.25) is 0 Å². The first-order valence-corrected chi connectivity index (χ1v) is 5.25. The topological polar surface area (TPSA) is 26.0 Å². The van der Waals surface area contributed by atoms with Gasteiger partial charge in [0, 0.05) is 5.75 Å². The van der Waals surface area contributed by atoms with Crippen LogP contribution in [0.15, 0.2) is 30.8 Å². The van der Waals surface area contributed by atoms with Gasteiger partial charge in [-0.1, -0.05) is 60.9 Å². The van der Waals surface area contributed by atoms with Crippen LogP contribution in [0.4, 0.5) is 0 Å². The van der Waals surface area contributed by atoms with Crippen molar-refractivity contribution in [2.45, 2.75) is 5.75 Å². The molecule has 0 aliphatic rings. The minimum atomic E-state index is 0. The third-order valence-corrected chi connectivity index (χ3v) is 2.71. The summed E-state index contributed by atoms with van der Waals surface area (Å²) in [5, 5.41) is 0. The molecule has 72 valence electrons. The summed E-state index contributed by atoms with van der Waals surface area (Å²) in [5.41, 5.74) is 7.73. The van der Waals surface area contributed by atoms with Crippen LogP contribution in [0, 0.1) is 0 Å². The van der Waals surface area contributed by atoms with Crippen molar-refractivity contribution in [2.75, 3.05) is 0 Å². The normalized spacial score (nSPS) is 8.86. The third-order valence-electron chi connectivity index (χ3n) is 1.60. The van der Waals surface area contributed by atoms with E-state index in [9.17, 15) is 0 Å². The predicted molar refractivity (Wildman–Crippen MR) is 72.6 cm³/mol. The Bertz CT molecular complexity index is 317. The van der Waals surface area contributed by atoms with Gasteiger partial charge in [-0.15, -0.1) is 0 Å². The van der Waals surface area contributed by atoms with E-state index in [1.54, 1.807) is 0 Å². The van der Waals surface area contributed by atoms with Gasteiger partial charge in [0.05, 0.1) is 0 Å². The van der Waals surface area contributed by atoms with E-state index < -0.39 is 0 Å². The molecule has 0 aliphatic heterocycles. The monoisotopic (exact) mass is 251 g/mol. The molecule has 0 fully saturated rings. The van der Waals surface area contributed by atoms with Crippen LogP contribution in [0.1, 0.15) is 14.0 Å². The van der Waals surface area contributed by atoms with Gasteiger partial charge in [-0.25, -0.2) is 0 Å². The first kappa shape index (κ1) is 14.5. The number of thiocarbonyl (C=S) groups is 1. The molecule has 1 rings (SSSR count). The average molecular weight is 251 g/mol. The van der Waals surface area contributed by atoms with Crippen molar-refractivity contribution in [3.8, 4) is 0 Å². The zero-order valence-electron chi connectivity index (χ0n) is 9.90. The van der Waals surface area contributed by atoms with Gasteiger partial charge in [-0.05, 0) is 11.1 Å². The Morgan fingerprint density at radius 2 is 2.07 bits per heavy atom. The number of hydrogen-bond donors (Lipinski definition) is 1. The molecule has 0 bridgehead atoms. The van der Waals surface area contributed by atoms with E-state index in [4.69, 9.17) is 18.0 Å². The van der Waals surface area contributed by atoms with Crippen molar-refractivity contribution in [1.29, 1.82) is 0 Å². The van der Waals surface area contributed by atoms with Crippen LogP contribution in [0.5, 0.6) is 0 Å². The summed E-state index contributed by atoms with van der Waals surface area (Å²) in [7, 11) is 0. The quantitative estimate of drug-likeness (QED) is 0.661. The second kappa shape index (κ2) is 7.71. The summed E-state index contributed by atoms with van der Waals surface area (Å²) in [6.45, 7) is 3.69. The predicted octanol–water partition coefficient (Wildman–Crippen LogP) is 2.65. The zero-order valence-corrected chi connectivity index (χ0v) is 11.7. The minimum absolute atomic E-state index is 0. The molecule has 0 atom stereocenters. The molecule has 0 heterocycles. The van der Waals surface area contributed by atoms with Gasteiger partial charge in [0.15, 0.2) is 0 Å². The minimum Gasteiger partial charge on any atom is -1.00 e. The van der Waals surface area contributed by atoms with E-state index in [0.717, 1.165) is 11.3 Å². The number of nitrogens with two attached hydrogens (primary N) is 1. The van der Waals surface area contributed by atoms with E-state index in [1.165, 1.54) is 17.3 Å². The van der Waals surface area contributed by atoms with Crippen LogP contribution in [-0.4, -0.2) is 42.1 Å². The molecule has 0 unspecified atom stereocenters. The van der Waals surface area contributed by atoms with Crippen molar-refractivity contribution in [2.24, 2.45) is 5.73 Å². The van der Waals surface area contributed by atoms with E-state index in [0.29, 0.717) is 4.32 Å². The first-order chi connectivity index (χ1) is 6.22. The van der Waals surface area contributed by atoms with E-state index in [1.807, 2.05) is 18.2 Å². The molecule has 0 amide bonds. The van der Waals surface area contributed by atoms with Gasteiger partial charge < -0.3 is 8.59 Å². The second-order valence-corrected chi connectivity index (χ2v) is 4.27. The van der Waals surface area contributed by atoms with Crippen LogP contribution in [0.3, 0.4) is 0 Å². The summed E-state index contributed by atoms with van der Waals surface area (Å²) in [6, 6.07) is 8.18. The van der Waals surface area contributed by atoms with E-state index >= 15 is 0 Å². The van der Waals surface area contributed by atoms with Crippen molar-refractivity contribution < 1.29 is 2.85 Å². The average Bonchev–Trinajstić information content (AvgIpc) is 2.15. The molecule has 0 saturated heterocycles. The number of hydrogen-bond acceptors (Lipinski definition) is 2. The van der Waals surface area contributed by atoms with Gasteiger partial charge in [-0.2, -0.15) is 0 Å². The Hall–Kier alpha value is 0.460. The molecule has 14 heavy (non-hydrogen) atoms. The van der Waals surface area contributed by atoms with Crippen LogP contribution < -0.4 is 5.73 Å². The number of rotatable bonds is 3. The fraction of sp³-hybridized carbons (Fsp3) is 0.100. The molecule has 0 aromatic heterocycles. The van der Waals surface area contributed by atoms with Gasteiger partial charge in [0.1, 0.15) is 4.32 Å². The molecule has 2 N–H and O–H groups in total. The molecule has 1 aromatic carbocycles.